The van der Waals surface area contributed by atoms with Crippen molar-refractivity contribution in [3.8, 4) is 11.5 Å². The number of anilines is 1. The van der Waals surface area contributed by atoms with Crippen LogP contribution in [0.2, 0.25) is 0 Å². The minimum atomic E-state index is 0.611. The third-order valence-electron chi connectivity index (χ3n) is 3.22. The van der Waals surface area contributed by atoms with Crippen LogP contribution in [0.15, 0.2) is 42.6 Å². The maximum Gasteiger partial charge on any atom is 0.162 e. The van der Waals surface area contributed by atoms with Gasteiger partial charge in [0.05, 0.1) is 23.3 Å². The van der Waals surface area contributed by atoms with Gasteiger partial charge in [-0.3, -0.25) is 4.98 Å². The van der Waals surface area contributed by atoms with Gasteiger partial charge in [-0.15, -0.1) is 0 Å². The molecular weight excluding hydrogens is 252 g/mol. The molecule has 0 bridgehead atoms. The lowest BCUT2D eigenvalue weighted by atomic mass is 10.3. The highest BCUT2D eigenvalue weighted by Crippen LogP contribution is 2.26. The first-order chi connectivity index (χ1) is 9.81. The Morgan fingerprint density at radius 3 is 2.85 bits per heavy atom. The van der Waals surface area contributed by atoms with E-state index in [1.54, 1.807) is 13.3 Å². The lowest BCUT2D eigenvalue weighted by Crippen LogP contribution is -2.07. The summed E-state index contributed by atoms with van der Waals surface area (Å²) in [5, 5.41) is 0. The molecule has 5 heteroatoms. The van der Waals surface area contributed by atoms with Gasteiger partial charge in [0.2, 0.25) is 0 Å². The highest BCUT2D eigenvalue weighted by Gasteiger charge is 2.15. The molecule has 2 heterocycles. The highest BCUT2D eigenvalue weighted by molar-refractivity contribution is 5.82. The lowest BCUT2D eigenvalue weighted by molar-refractivity contribution is 0.188. The van der Waals surface area contributed by atoms with Crippen molar-refractivity contribution in [1.82, 2.24) is 14.5 Å². The van der Waals surface area contributed by atoms with Gasteiger partial charge in [-0.2, -0.15) is 0 Å². The van der Waals surface area contributed by atoms with E-state index in [0.29, 0.717) is 24.5 Å². The average molecular weight is 268 g/mol. The highest BCUT2D eigenvalue weighted by atomic mass is 16.5. The predicted molar refractivity (Wildman–Crippen MR) is 79.3 cm³/mol. The Morgan fingerprint density at radius 1 is 1.20 bits per heavy atom. The molecule has 5 nitrogen and oxygen atoms in total. The number of pyridine rings is 1. The molecule has 0 aliphatic heterocycles. The number of hydrogen-bond donors (Lipinski definition) is 1. The number of methoxy groups -OCH3 is 1. The van der Waals surface area contributed by atoms with Gasteiger partial charge < -0.3 is 15.0 Å². The van der Waals surface area contributed by atoms with Gasteiger partial charge in [0.15, 0.2) is 5.82 Å². The van der Waals surface area contributed by atoms with E-state index in [1.165, 1.54) is 0 Å². The zero-order valence-electron chi connectivity index (χ0n) is 11.3. The maximum absolute atomic E-state index is 6.02. The molecule has 0 unspecified atom stereocenters. The largest absolute Gasteiger partial charge is 0.397 e. The van der Waals surface area contributed by atoms with E-state index >= 15 is 0 Å². The minimum Gasteiger partial charge on any atom is -0.397 e. The van der Waals surface area contributed by atoms with E-state index in [-0.39, 0.29) is 0 Å². The summed E-state index contributed by atoms with van der Waals surface area (Å²) in [6, 6.07) is 11.7. The molecular formula is C15H16N4O. The number of nitrogen functional groups attached to an aromatic ring is 1. The Labute approximate surface area is 117 Å². The van der Waals surface area contributed by atoms with Crippen molar-refractivity contribution >= 4 is 16.7 Å². The number of rotatable bonds is 4. The first kappa shape index (κ1) is 12.6. The molecule has 0 fully saturated rings. The van der Waals surface area contributed by atoms with Crippen molar-refractivity contribution in [3.05, 3.63) is 42.6 Å². The van der Waals surface area contributed by atoms with Crippen molar-refractivity contribution in [2.45, 2.75) is 6.54 Å². The van der Waals surface area contributed by atoms with Crippen LogP contribution in [0.3, 0.4) is 0 Å². The van der Waals surface area contributed by atoms with Crippen molar-refractivity contribution in [1.29, 1.82) is 0 Å². The molecule has 20 heavy (non-hydrogen) atoms. The number of nitrogens with two attached hydrogens (primary N) is 1. The van der Waals surface area contributed by atoms with Gasteiger partial charge in [0.1, 0.15) is 5.69 Å². The van der Waals surface area contributed by atoms with E-state index in [2.05, 4.69) is 14.5 Å². The fourth-order valence-electron chi connectivity index (χ4n) is 2.27. The van der Waals surface area contributed by atoms with Gasteiger partial charge >= 0.3 is 0 Å². The number of hydrogen-bond acceptors (Lipinski definition) is 4. The van der Waals surface area contributed by atoms with E-state index < -0.39 is 0 Å². The molecule has 0 aliphatic carbocycles. The zero-order valence-corrected chi connectivity index (χ0v) is 11.3. The van der Waals surface area contributed by atoms with Gasteiger partial charge in [-0.1, -0.05) is 12.1 Å². The molecule has 0 radical (unpaired) electrons. The van der Waals surface area contributed by atoms with Crippen LogP contribution in [0.1, 0.15) is 0 Å². The van der Waals surface area contributed by atoms with Crippen molar-refractivity contribution in [2.75, 3.05) is 19.5 Å². The lowest BCUT2D eigenvalue weighted by Gasteiger charge is -2.09. The first-order valence-electron chi connectivity index (χ1n) is 6.46. The molecule has 102 valence electrons. The summed E-state index contributed by atoms with van der Waals surface area (Å²) in [5.74, 6) is 0.779. The summed E-state index contributed by atoms with van der Waals surface area (Å²) in [6.07, 6.45) is 1.73. The Balaban J connectivity index is 2.21. The Bertz CT molecular complexity index is 736. The molecule has 1 aromatic carbocycles. The number of nitrogens with zero attached hydrogens (tertiary/aromatic N) is 3. The van der Waals surface area contributed by atoms with Crippen LogP contribution >= 0.6 is 0 Å². The molecule has 0 saturated carbocycles. The molecule has 3 rings (SSSR count). The zero-order chi connectivity index (χ0) is 13.9. The quantitative estimate of drug-likeness (QED) is 0.788. The number of ether oxygens (including phenoxy) is 1. The van der Waals surface area contributed by atoms with E-state index in [0.717, 1.165) is 16.9 Å². The molecule has 0 spiro atoms. The smallest absolute Gasteiger partial charge is 0.162 e. The Morgan fingerprint density at radius 2 is 2.05 bits per heavy atom. The van der Waals surface area contributed by atoms with Crippen molar-refractivity contribution in [2.24, 2.45) is 0 Å². The molecule has 2 N–H and O–H groups in total. The molecule has 0 atom stereocenters. The van der Waals surface area contributed by atoms with E-state index in [4.69, 9.17) is 10.5 Å². The molecule has 3 aromatic rings. The van der Waals surface area contributed by atoms with Crippen LogP contribution in [0, 0.1) is 0 Å². The molecule has 2 aromatic heterocycles. The normalized spacial score (nSPS) is 11.1. The fraction of sp³-hybridized carbons (Fsp3) is 0.200. The standard InChI is InChI=1S/C15H16N4O/c1-20-10-9-19-13-7-3-2-6-12(13)18-15(19)14-11(16)5-4-8-17-14/h2-8H,9-10,16H2,1H3. The average Bonchev–Trinajstić information content (AvgIpc) is 2.84. The summed E-state index contributed by atoms with van der Waals surface area (Å²) < 4.78 is 7.28. The third-order valence-corrected chi connectivity index (χ3v) is 3.22. The summed E-state index contributed by atoms with van der Waals surface area (Å²) in [4.78, 5) is 9.02. The second kappa shape index (κ2) is 5.30. The predicted octanol–water partition coefficient (Wildman–Crippen LogP) is 2.33. The van der Waals surface area contributed by atoms with Gasteiger partial charge in [-0.25, -0.2) is 4.98 Å². The molecule has 0 saturated heterocycles. The van der Waals surface area contributed by atoms with Gasteiger partial charge in [0.25, 0.3) is 0 Å². The second-order valence-electron chi connectivity index (χ2n) is 4.51. The number of aromatic nitrogens is 3. The van der Waals surface area contributed by atoms with Crippen molar-refractivity contribution < 1.29 is 4.74 Å². The van der Waals surface area contributed by atoms with Gasteiger partial charge in [0, 0.05) is 19.9 Å². The van der Waals surface area contributed by atoms with Crippen LogP contribution in [0.4, 0.5) is 5.69 Å². The summed E-state index contributed by atoms with van der Waals surface area (Å²) in [7, 11) is 1.69. The van der Waals surface area contributed by atoms with Crippen LogP contribution in [0.25, 0.3) is 22.6 Å². The van der Waals surface area contributed by atoms with E-state index in [9.17, 15) is 0 Å². The number of para-hydroxylation sites is 2. The summed E-state index contributed by atoms with van der Waals surface area (Å²) in [6.45, 7) is 1.32. The third kappa shape index (κ3) is 2.12. The topological polar surface area (TPSA) is 66.0 Å². The monoisotopic (exact) mass is 268 g/mol. The summed E-state index contributed by atoms with van der Waals surface area (Å²) >= 11 is 0. The van der Waals surface area contributed by atoms with Crippen LogP contribution < -0.4 is 5.73 Å². The molecule has 0 aliphatic rings. The first-order valence-corrected chi connectivity index (χ1v) is 6.46. The molecule has 0 amide bonds. The Hall–Kier alpha value is -2.40. The SMILES string of the molecule is COCCn1c(-c2ncccc2N)nc2ccccc21. The Kier molecular flexibility index (Phi) is 3.35. The fourth-order valence-corrected chi connectivity index (χ4v) is 2.27. The minimum absolute atomic E-state index is 0.611. The van der Waals surface area contributed by atoms with Gasteiger partial charge in [-0.05, 0) is 24.3 Å². The number of imidazole rings is 1. The maximum atomic E-state index is 6.02. The number of benzene rings is 1. The van der Waals surface area contributed by atoms with Crippen LogP contribution in [-0.4, -0.2) is 28.3 Å². The second-order valence-corrected chi connectivity index (χ2v) is 4.51. The van der Waals surface area contributed by atoms with Crippen LogP contribution in [-0.2, 0) is 11.3 Å². The van der Waals surface area contributed by atoms with Crippen molar-refractivity contribution in [3.63, 3.8) is 0 Å². The van der Waals surface area contributed by atoms with Crippen LogP contribution in [0.5, 0.6) is 0 Å². The number of fused-ring (bicyclic) bond motifs is 1. The van der Waals surface area contributed by atoms with E-state index in [1.807, 2.05) is 36.4 Å². The summed E-state index contributed by atoms with van der Waals surface area (Å²) in [5.41, 5.74) is 9.35.